The van der Waals surface area contributed by atoms with Gasteiger partial charge in [0.1, 0.15) is 11.3 Å². The average Bonchev–Trinajstić information content (AvgIpc) is 2.82. The van der Waals surface area contributed by atoms with Gasteiger partial charge in [-0.25, -0.2) is 0 Å². The van der Waals surface area contributed by atoms with E-state index >= 15 is 0 Å². The molecule has 0 saturated carbocycles. The largest absolute Gasteiger partial charge is 0.455 e. The number of likely N-dealkylation sites (tertiary alicyclic amines) is 1. The standard InChI is InChI=1S/C31H33N3O/c1-20-18-31(2,3)33-26-13-12-25-29(24-11-10-23(32)17-27(24)35-30(25)28(20)26)22-9-7-8-21(16-22)19-34-14-5-4-6-15-34/h7-13,16-18,32-33H,4-6,14-15,19H2,1-3H3. The number of nitrogens with zero attached hydrogens (tertiary/aromatic N) is 1. The predicted molar refractivity (Wildman–Crippen MR) is 145 cm³/mol. The molecule has 35 heavy (non-hydrogen) atoms. The minimum absolute atomic E-state index is 0.110. The molecule has 2 N–H and O–H groups in total. The Bertz CT molecular complexity index is 1490. The Balaban J connectivity index is 1.57. The van der Waals surface area contributed by atoms with Crippen LogP contribution in [0.2, 0.25) is 0 Å². The van der Waals surface area contributed by atoms with Crippen LogP contribution in [0.4, 0.5) is 5.69 Å². The van der Waals surface area contributed by atoms with Gasteiger partial charge >= 0.3 is 0 Å². The zero-order chi connectivity index (χ0) is 24.2. The highest BCUT2D eigenvalue weighted by Gasteiger charge is 2.27. The van der Waals surface area contributed by atoms with Crippen LogP contribution in [0.15, 0.2) is 65.1 Å². The first-order valence-corrected chi connectivity index (χ1v) is 12.8. The Labute approximate surface area is 207 Å². The molecule has 6 rings (SSSR count). The van der Waals surface area contributed by atoms with Gasteiger partial charge in [-0.15, -0.1) is 0 Å². The van der Waals surface area contributed by atoms with Crippen LogP contribution in [0, 0.1) is 5.41 Å². The monoisotopic (exact) mass is 463 g/mol. The summed E-state index contributed by atoms with van der Waals surface area (Å²) in [7, 11) is 0. The molecule has 2 aromatic carbocycles. The van der Waals surface area contributed by atoms with Crippen LogP contribution in [0.1, 0.15) is 51.2 Å². The van der Waals surface area contributed by atoms with Gasteiger partial charge in [-0.1, -0.05) is 30.7 Å². The van der Waals surface area contributed by atoms with Gasteiger partial charge in [0.05, 0.1) is 10.9 Å². The van der Waals surface area contributed by atoms with E-state index in [2.05, 4.69) is 73.5 Å². The maximum Gasteiger partial charge on any atom is 0.144 e. The fourth-order valence-electron chi connectivity index (χ4n) is 5.96. The smallest absolute Gasteiger partial charge is 0.144 e. The predicted octanol–water partition coefficient (Wildman–Crippen LogP) is 7.28. The number of rotatable bonds is 3. The first-order chi connectivity index (χ1) is 16.9. The zero-order valence-electron chi connectivity index (χ0n) is 20.9. The lowest BCUT2D eigenvalue weighted by Crippen LogP contribution is -2.31. The van der Waals surface area contributed by atoms with Crippen LogP contribution in [-0.2, 0) is 6.54 Å². The highest BCUT2D eigenvalue weighted by molar-refractivity contribution is 6.07. The van der Waals surface area contributed by atoms with Crippen LogP contribution in [0.5, 0.6) is 0 Å². The highest BCUT2D eigenvalue weighted by atomic mass is 16.3. The van der Waals surface area contributed by atoms with Gasteiger partial charge in [-0.3, -0.25) is 4.90 Å². The summed E-state index contributed by atoms with van der Waals surface area (Å²) in [6, 6.07) is 19.1. The van der Waals surface area contributed by atoms with E-state index in [-0.39, 0.29) is 5.54 Å². The van der Waals surface area contributed by atoms with Gasteiger partial charge in [0.15, 0.2) is 0 Å². The molecule has 0 amide bonds. The molecule has 1 saturated heterocycles. The maximum atomic E-state index is 8.23. The average molecular weight is 464 g/mol. The van der Waals surface area contributed by atoms with Crippen molar-refractivity contribution in [3.8, 4) is 22.5 Å². The molecule has 4 aliphatic rings. The molecule has 0 radical (unpaired) electrons. The third-order valence-corrected chi connectivity index (χ3v) is 7.39. The second kappa shape index (κ2) is 8.39. The number of anilines is 1. The van der Waals surface area contributed by atoms with Crippen molar-refractivity contribution in [3.05, 3.63) is 77.2 Å². The molecular weight excluding hydrogens is 430 g/mol. The molecule has 4 nitrogen and oxygen atoms in total. The van der Waals surface area contributed by atoms with Crippen molar-refractivity contribution in [2.45, 2.75) is 52.1 Å². The van der Waals surface area contributed by atoms with Crippen LogP contribution < -0.4 is 10.7 Å². The van der Waals surface area contributed by atoms with Crippen molar-refractivity contribution in [2.24, 2.45) is 0 Å². The number of nitrogens with one attached hydrogen (secondary N) is 2. The van der Waals surface area contributed by atoms with Crippen LogP contribution >= 0.6 is 0 Å². The zero-order valence-corrected chi connectivity index (χ0v) is 20.9. The second-order valence-electron chi connectivity index (χ2n) is 10.8. The molecule has 1 fully saturated rings. The molecule has 3 heterocycles. The van der Waals surface area contributed by atoms with Crippen molar-refractivity contribution in [1.82, 2.24) is 4.90 Å². The normalized spacial score (nSPS) is 17.7. The SMILES string of the molecule is CC1=CC(C)(C)Nc2ccc3c(-c4cccc(CN5CCCCC5)c4)c4ccc(=N)cc-4oc3c21. The third kappa shape index (κ3) is 4.06. The van der Waals surface area contributed by atoms with E-state index in [1.54, 1.807) is 0 Å². The Morgan fingerprint density at radius 2 is 1.80 bits per heavy atom. The number of piperidine rings is 1. The van der Waals surface area contributed by atoms with Gasteiger partial charge in [0.2, 0.25) is 0 Å². The summed E-state index contributed by atoms with van der Waals surface area (Å²) in [6.07, 6.45) is 6.22. The Morgan fingerprint density at radius 1 is 0.971 bits per heavy atom. The summed E-state index contributed by atoms with van der Waals surface area (Å²) in [4.78, 5) is 2.57. The molecule has 3 aliphatic heterocycles. The summed E-state index contributed by atoms with van der Waals surface area (Å²) in [5.74, 6) is 0.757. The Hall–Kier alpha value is -3.37. The lowest BCUT2D eigenvalue weighted by Gasteiger charge is -2.32. The van der Waals surface area contributed by atoms with E-state index in [1.807, 2.05) is 18.2 Å². The van der Waals surface area contributed by atoms with Gasteiger partial charge in [-0.2, -0.15) is 0 Å². The van der Waals surface area contributed by atoms with Crippen molar-refractivity contribution in [1.29, 1.82) is 5.41 Å². The number of benzene rings is 3. The molecule has 0 atom stereocenters. The first-order valence-electron chi connectivity index (χ1n) is 12.8. The molecule has 0 bridgehead atoms. The first kappa shape index (κ1) is 22.1. The molecule has 4 heteroatoms. The van der Waals surface area contributed by atoms with E-state index in [0.717, 1.165) is 40.1 Å². The molecule has 0 aromatic heterocycles. The summed E-state index contributed by atoms with van der Waals surface area (Å²) in [5, 5.41) is 13.5. The summed E-state index contributed by atoms with van der Waals surface area (Å²) < 4.78 is 6.57. The minimum atomic E-state index is -0.110. The van der Waals surface area contributed by atoms with Crippen molar-refractivity contribution < 1.29 is 4.42 Å². The number of allylic oxidation sites excluding steroid dienone is 1. The molecule has 2 aromatic rings. The third-order valence-electron chi connectivity index (χ3n) is 7.39. The summed E-state index contributed by atoms with van der Waals surface area (Å²) in [5.41, 5.74) is 8.98. The second-order valence-corrected chi connectivity index (χ2v) is 10.8. The number of fused-ring (bicyclic) bond motifs is 4. The van der Waals surface area contributed by atoms with Crippen LogP contribution in [0.25, 0.3) is 39.0 Å². The molecule has 0 spiro atoms. The maximum absolute atomic E-state index is 8.23. The molecule has 0 unspecified atom stereocenters. The van der Waals surface area contributed by atoms with Crippen LogP contribution in [0.3, 0.4) is 0 Å². The fraction of sp³-hybridized carbons (Fsp3) is 0.323. The van der Waals surface area contributed by atoms with E-state index in [9.17, 15) is 0 Å². The van der Waals surface area contributed by atoms with Gasteiger partial charge in [0.25, 0.3) is 0 Å². The van der Waals surface area contributed by atoms with Crippen molar-refractivity contribution in [2.75, 3.05) is 18.4 Å². The lowest BCUT2D eigenvalue weighted by molar-refractivity contribution is 0.221. The highest BCUT2D eigenvalue weighted by Crippen LogP contribution is 2.45. The Kier molecular flexibility index (Phi) is 5.30. The molecule has 1 aliphatic carbocycles. The molecule has 178 valence electrons. The van der Waals surface area contributed by atoms with E-state index in [1.165, 1.54) is 54.6 Å². The number of hydrogen-bond donors (Lipinski definition) is 2. The van der Waals surface area contributed by atoms with Gasteiger partial charge in [-0.05, 0) is 93.7 Å². The van der Waals surface area contributed by atoms with Crippen LogP contribution in [-0.4, -0.2) is 23.5 Å². The van der Waals surface area contributed by atoms with E-state index < -0.39 is 0 Å². The van der Waals surface area contributed by atoms with E-state index in [0.29, 0.717) is 5.36 Å². The fourth-order valence-corrected chi connectivity index (χ4v) is 5.96. The summed E-state index contributed by atoms with van der Waals surface area (Å²) >= 11 is 0. The van der Waals surface area contributed by atoms with Gasteiger partial charge < -0.3 is 15.1 Å². The van der Waals surface area contributed by atoms with Crippen molar-refractivity contribution in [3.63, 3.8) is 0 Å². The van der Waals surface area contributed by atoms with Crippen molar-refractivity contribution >= 4 is 22.2 Å². The minimum Gasteiger partial charge on any atom is -0.455 e. The molecular formula is C31H33N3O. The lowest BCUT2D eigenvalue weighted by atomic mass is 9.87. The number of hydrogen-bond acceptors (Lipinski definition) is 4. The topological polar surface area (TPSA) is 52.3 Å². The Morgan fingerprint density at radius 3 is 2.63 bits per heavy atom. The quantitative estimate of drug-likeness (QED) is 0.314. The van der Waals surface area contributed by atoms with E-state index in [4.69, 9.17) is 9.83 Å². The summed E-state index contributed by atoms with van der Waals surface area (Å²) in [6.45, 7) is 9.91. The van der Waals surface area contributed by atoms with Gasteiger partial charge in [0, 0.05) is 40.4 Å².